The van der Waals surface area contributed by atoms with Gasteiger partial charge in [0.2, 0.25) is 0 Å². The highest BCUT2D eigenvalue weighted by Crippen LogP contribution is 2.15. The number of nitrogens with one attached hydrogen (secondary N) is 1. The van der Waals surface area contributed by atoms with E-state index in [1.54, 1.807) is 6.92 Å². The molecule has 0 aliphatic rings. The molecule has 6 heteroatoms. The van der Waals surface area contributed by atoms with Crippen LogP contribution in [0.15, 0.2) is 16.5 Å². The third-order valence-electron chi connectivity index (χ3n) is 2.46. The molecule has 1 aromatic rings. The van der Waals surface area contributed by atoms with E-state index in [0.717, 1.165) is 0 Å². The summed E-state index contributed by atoms with van der Waals surface area (Å²) in [6.07, 6.45) is 0.403. The van der Waals surface area contributed by atoms with Gasteiger partial charge in [-0.15, -0.1) is 0 Å². The summed E-state index contributed by atoms with van der Waals surface area (Å²) < 4.78 is 4.91. The minimum atomic E-state index is -1.03. The fourth-order valence-corrected chi connectivity index (χ4v) is 1.33. The van der Waals surface area contributed by atoms with Crippen molar-refractivity contribution >= 4 is 17.5 Å². The van der Waals surface area contributed by atoms with Crippen LogP contribution in [0.25, 0.3) is 0 Å². The fourth-order valence-electron chi connectivity index (χ4n) is 1.18. The van der Waals surface area contributed by atoms with Gasteiger partial charge in [-0.1, -0.05) is 6.92 Å². The van der Waals surface area contributed by atoms with E-state index >= 15 is 0 Å². The zero-order chi connectivity index (χ0) is 12.2. The average molecular weight is 248 g/mol. The molecule has 1 amide bonds. The zero-order valence-electron chi connectivity index (χ0n) is 8.86. The lowest BCUT2D eigenvalue weighted by atomic mass is 9.98. The van der Waals surface area contributed by atoms with Crippen LogP contribution in [0, 0.1) is 0 Å². The van der Waals surface area contributed by atoms with Crippen molar-refractivity contribution in [2.75, 3.05) is 13.2 Å². The monoisotopic (exact) mass is 247 g/mol. The van der Waals surface area contributed by atoms with E-state index in [4.69, 9.17) is 26.2 Å². The third kappa shape index (κ3) is 2.75. The molecule has 0 atom stereocenters. The van der Waals surface area contributed by atoms with Gasteiger partial charge in [0.25, 0.3) is 5.91 Å². The average Bonchev–Trinajstić information content (AvgIpc) is 2.73. The number of carbonyl (C=O) groups is 1. The van der Waals surface area contributed by atoms with Crippen molar-refractivity contribution in [3.05, 3.63) is 23.1 Å². The zero-order valence-corrected chi connectivity index (χ0v) is 9.62. The van der Waals surface area contributed by atoms with Crippen LogP contribution < -0.4 is 5.32 Å². The molecule has 0 aliphatic heterocycles. The Morgan fingerprint density at radius 1 is 1.50 bits per heavy atom. The number of carbonyl (C=O) groups excluding carboxylic acids is 1. The standard InChI is InChI=1S/C10H14ClNO4/c1-2-10(5-13,6-14)12-9(15)7-3-4-8(11)16-7/h3-4,13-14H,2,5-6H2,1H3,(H,12,15). The maximum absolute atomic E-state index is 11.7. The van der Waals surface area contributed by atoms with Gasteiger partial charge >= 0.3 is 0 Å². The molecule has 0 saturated heterocycles. The second kappa shape index (κ2) is 5.34. The lowest BCUT2D eigenvalue weighted by Gasteiger charge is -2.29. The summed E-state index contributed by atoms with van der Waals surface area (Å²) >= 11 is 5.53. The Bertz CT molecular complexity index is 351. The second-order valence-corrected chi connectivity index (χ2v) is 3.88. The molecule has 0 bridgehead atoms. The molecule has 3 N–H and O–H groups in total. The number of furan rings is 1. The second-order valence-electron chi connectivity index (χ2n) is 3.51. The molecule has 0 unspecified atom stereocenters. The van der Waals surface area contributed by atoms with Crippen molar-refractivity contribution in [3.8, 4) is 0 Å². The number of hydrogen-bond acceptors (Lipinski definition) is 4. The topological polar surface area (TPSA) is 82.7 Å². The summed E-state index contributed by atoms with van der Waals surface area (Å²) in [6.45, 7) is 1.06. The van der Waals surface area contributed by atoms with Crippen LogP contribution in [0.1, 0.15) is 23.9 Å². The molecule has 1 heterocycles. The van der Waals surface area contributed by atoms with Gasteiger partial charge in [-0.3, -0.25) is 4.79 Å². The van der Waals surface area contributed by atoms with E-state index in [9.17, 15) is 4.79 Å². The first kappa shape index (κ1) is 13.0. The number of halogens is 1. The van der Waals surface area contributed by atoms with Gasteiger partial charge in [0.15, 0.2) is 11.0 Å². The minimum absolute atomic E-state index is 0.0460. The van der Waals surface area contributed by atoms with E-state index in [-0.39, 0.29) is 24.2 Å². The summed E-state index contributed by atoms with van der Waals surface area (Å²) in [7, 11) is 0. The highest BCUT2D eigenvalue weighted by atomic mass is 35.5. The Morgan fingerprint density at radius 3 is 2.50 bits per heavy atom. The molecule has 0 spiro atoms. The molecule has 0 aromatic carbocycles. The number of aliphatic hydroxyl groups is 2. The van der Waals surface area contributed by atoms with Crippen molar-refractivity contribution < 1.29 is 19.4 Å². The van der Waals surface area contributed by atoms with Crippen LogP contribution in [0.4, 0.5) is 0 Å². The van der Waals surface area contributed by atoms with E-state index in [2.05, 4.69) is 5.32 Å². The molecule has 0 radical (unpaired) electrons. The molecular weight excluding hydrogens is 234 g/mol. The largest absolute Gasteiger partial charge is 0.440 e. The van der Waals surface area contributed by atoms with Crippen molar-refractivity contribution in [2.24, 2.45) is 0 Å². The summed E-state index contributed by atoms with van der Waals surface area (Å²) in [4.78, 5) is 11.7. The number of hydrogen-bond donors (Lipinski definition) is 3. The maximum atomic E-state index is 11.7. The van der Waals surface area contributed by atoms with Gasteiger partial charge in [0.05, 0.1) is 18.8 Å². The van der Waals surface area contributed by atoms with Crippen LogP contribution in [0.5, 0.6) is 0 Å². The smallest absolute Gasteiger partial charge is 0.287 e. The first-order valence-corrected chi connectivity index (χ1v) is 5.24. The predicted molar refractivity (Wildman–Crippen MR) is 58.4 cm³/mol. The Morgan fingerprint density at radius 2 is 2.12 bits per heavy atom. The van der Waals surface area contributed by atoms with Gasteiger partial charge in [0.1, 0.15) is 0 Å². The normalized spacial score (nSPS) is 11.5. The van der Waals surface area contributed by atoms with Crippen molar-refractivity contribution in [2.45, 2.75) is 18.9 Å². The van der Waals surface area contributed by atoms with Crippen molar-refractivity contribution in [1.82, 2.24) is 5.32 Å². The molecule has 90 valence electrons. The van der Waals surface area contributed by atoms with Gasteiger partial charge in [-0.05, 0) is 30.2 Å². The fraction of sp³-hybridized carbons (Fsp3) is 0.500. The Hall–Kier alpha value is -1.04. The van der Waals surface area contributed by atoms with Gasteiger partial charge in [-0.25, -0.2) is 0 Å². The van der Waals surface area contributed by atoms with Crippen LogP contribution in [0.3, 0.4) is 0 Å². The van der Waals surface area contributed by atoms with Crippen LogP contribution in [0.2, 0.25) is 5.22 Å². The summed E-state index contributed by atoms with van der Waals surface area (Å²) in [5.74, 6) is -0.471. The van der Waals surface area contributed by atoms with Gasteiger partial charge < -0.3 is 19.9 Å². The Labute approximate surface area is 98.0 Å². The highest BCUT2D eigenvalue weighted by Gasteiger charge is 2.29. The van der Waals surface area contributed by atoms with E-state index in [1.807, 2.05) is 0 Å². The molecular formula is C10H14ClNO4. The lowest BCUT2D eigenvalue weighted by Crippen LogP contribution is -2.53. The third-order valence-corrected chi connectivity index (χ3v) is 2.66. The van der Waals surface area contributed by atoms with Crippen molar-refractivity contribution in [3.63, 3.8) is 0 Å². The molecule has 1 rings (SSSR count). The molecule has 0 aliphatic carbocycles. The Kier molecular flexibility index (Phi) is 4.35. The van der Waals surface area contributed by atoms with E-state index in [1.165, 1.54) is 12.1 Å². The van der Waals surface area contributed by atoms with E-state index in [0.29, 0.717) is 6.42 Å². The summed E-state index contributed by atoms with van der Waals surface area (Å²) in [6, 6.07) is 2.87. The predicted octanol–water partition coefficient (Wildman–Crippen LogP) is 0.796. The quantitative estimate of drug-likeness (QED) is 0.719. The molecule has 0 saturated carbocycles. The molecule has 5 nitrogen and oxygen atoms in total. The molecule has 1 aromatic heterocycles. The lowest BCUT2D eigenvalue weighted by molar-refractivity contribution is 0.0632. The molecule has 16 heavy (non-hydrogen) atoms. The number of rotatable bonds is 5. The van der Waals surface area contributed by atoms with Gasteiger partial charge in [-0.2, -0.15) is 0 Å². The molecule has 0 fully saturated rings. The van der Waals surface area contributed by atoms with Crippen molar-refractivity contribution in [1.29, 1.82) is 0 Å². The highest BCUT2D eigenvalue weighted by molar-refractivity contribution is 6.29. The van der Waals surface area contributed by atoms with Gasteiger partial charge in [0, 0.05) is 0 Å². The maximum Gasteiger partial charge on any atom is 0.287 e. The summed E-state index contributed by atoms with van der Waals surface area (Å²) in [5.41, 5.74) is -1.03. The minimum Gasteiger partial charge on any atom is -0.440 e. The SMILES string of the molecule is CCC(CO)(CO)NC(=O)c1ccc(Cl)o1. The van der Waals surface area contributed by atoms with E-state index < -0.39 is 11.4 Å². The number of amides is 1. The number of aliphatic hydroxyl groups excluding tert-OH is 2. The van der Waals surface area contributed by atoms with Crippen LogP contribution in [-0.2, 0) is 0 Å². The first-order valence-electron chi connectivity index (χ1n) is 4.86. The Balaban J connectivity index is 2.76. The first-order chi connectivity index (χ1) is 7.56. The summed E-state index contributed by atoms with van der Waals surface area (Å²) in [5, 5.41) is 20.9. The van der Waals surface area contributed by atoms with Crippen LogP contribution >= 0.6 is 11.6 Å². The van der Waals surface area contributed by atoms with Crippen LogP contribution in [-0.4, -0.2) is 34.9 Å².